The maximum atomic E-state index is 10.9. The number of nitrogens with zero attached hydrogens (tertiary/aromatic N) is 2. The van der Waals surface area contributed by atoms with E-state index in [-0.39, 0.29) is 11.9 Å². The fourth-order valence-corrected chi connectivity index (χ4v) is 1.41. The Kier molecular flexibility index (Phi) is 4.24. The second-order valence-corrected chi connectivity index (χ2v) is 3.70. The molecule has 0 spiro atoms. The van der Waals surface area contributed by atoms with Gasteiger partial charge in [0.2, 0.25) is 5.91 Å². The smallest absolute Gasteiger partial charge is 0.216 e. The molecule has 0 bridgehead atoms. The highest BCUT2D eigenvalue weighted by Gasteiger charge is 2.13. The molecule has 0 fully saturated rings. The second-order valence-electron chi connectivity index (χ2n) is 3.70. The molecule has 0 aliphatic heterocycles. The predicted octanol–water partition coefficient (Wildman–Crippen LogP) is 0.820. The lowest BCUT2D eigenvalue weighted by molar-refractivity contribution is -0.119. The van der Waals surface area contributed by atoms with Crippen LogP contribution in [0.3, 0.4) is 0 Å². The summed E-state index contributed by atoms with van der Waals surface area (Å²) in [6.07, 6.45) is 3.57. The molecule has 1 amide bonds. The van der Waals surface area contributed by atoms with Gasteiger partial charge in [-0.2, -0.15) is 0 Å². The SMILES string of the molecule is CC(=O)NCC(c1cccnc1)N(C)C. The standard InChI is InChI=1S/C11H17N3O/c1-9(15)13-8-11(14(2)3)10-5-4-6-12-7-10/h4-7,11H,8H2,1-3H3,(H,13,15). The van der Waals surface area contributed by atoms with Gasteiger partial charge in [0.1, 0.15) is 0 Å². The van der Waals surface area contributed by atoms with Crippen molar-refractivity contribution in [1.82, 2.24) is 15.2 Å². The molecule has 1 aromatic heterocycles. The Morgan fingerprint density at radius 1 is 1.60 bits per heavy atom. The van der Waals surface area contributed by atoms with Crippen LogP contribution in [0.15, 0.2) is 24.5 Å². The molecule has 1 aromatic rings. The van der Waals surface area contributed by atoms with Gasteiger partial charge >= 0.3 is 0 Å². The van der Waals surface area contributed by atoms with Crippen LogP contribution in [-0.4, -0.2) is 36.4 Å². The van der Waals surface area contributed by atoms with Gasteiger partial charge in [0, 0.05) is 25.9 Å². The number of pyridine rings is 1. The maximum Gasteiger partial charge on any atom is 0.216 e. The lowest BCUT2D eigenvalue weighted by Gasteiger charge is -2.24. The average molecular weight is 207 g/mol. The van der Waals surface area contributed by atoms with Crippen molar-refractivity contribution in [1.29, 1.82) is 0 Å². The Balaban J connectivity index is 2.70. The zero-order valence-electron chi connectivity index (χ0n) is 9.40. The molecule has 4 nitrogen and oxygen atoms in total. The van der Waals surface area contributed by atoms with Crippen LogP contribution in [0, 0.1) is 0 Å². The highest BCUT2D eigenvalue weighted by Crippen LogP contribution is 2.15. The van der Waals surface area contributed by atoms with Crippen molar-refractivity contribution in [2.75, 3.05) is 20.6 Å². The number of hydrogen-bond donors (Lipinski definition) is 1. The molecule has 0 saturated heterocycles. The molecule has 1 unspecified atom stereocenters. The summed E-state index contributed by atoms with van der Waals surface area (Å²) in [6, 6.07) is 4.08. The number of carbonyl (C=O) groups is 1. The van der Waals surface area contributed by atoms with Gasteiger partial charge < -0.3 is 10.2 Å². The number of aromatic nitrogens is 1. The summed E-state index contributed by atoms with van der Waals surface area (Å²) in [5.41, 5.74) is 1.11. The highest BCUT2D eigenvalue weighted by molar-refractivity contribution is 5.72. The van der Waals surface area contributed by atoms with Gasteiger partial charge in [-0.25, -0.2) is 0 Å². The third-order valence-corrected chi connectivity index (χ3v) is 2.24. The van der Waals surface area contributed by atoms with Crippen LogP contribution in [0.1, 0.15) is 18.5 Å². The van der Waals surface area contributed by atoms with Crippen molar-refractivity contribution in [3.05, 3.63) is 30.1 Å². The Hall–Kier alpha value is -1.42. The molecule has 4 heteroatoms. The van der Waals surface area contributed by atoms with Crippen molar-refractivity contribution >= 4 is 5.91 Å². The molecule has 0 saturated carbocycles. The molecule has 82 valence electrons. The molecule has 0 aliphatic carbocycles. The van der Waals surface area contributed by atoms with Gasteiger partial charge in [-0.3, -0.25) is 9.78 Å². The van der Waals surface area contributed by atoms with Crippen molar-refractivity contribution in [2.24, 2.45) is 0 Å². The minimum atomic E-state index is -0.00857. The van der Waals surface area contributed by atoms with Crippen LogP contribution < -0.4 is 5.32 Å². The minimum Gasteiger partial charge on any atom is -0.354 e. The number of amides is 1. The molecule has 0 radical (unpaired) electrons. The lowest BCUT2D eigenvalue weighted by atomic mass is 10.1. The lowest BCUT2D eigenvalue weighted by Crippen LogP contribution is -2.33. The molecule has 0 aromatic carbocycles. The van der Waals surface area contributed by atoms with Crippen LogP contribution in [0.25, 0.3) is 0 Å². The van der Waals surface area contributed by atoms with E-state index in [4.69, 9.17) is 0 Å². The monoisotopic (exact) mass is 207 g/mol. The van der Waals surface area contributed by atoms with Gasteiger partial charge in [0.25, 0.3) is 0 Å². The molecular formula is C11H17N3O. The first kappa shape index (κ1) is 11.7. The number of hydrogen-bond acceptors (Lipinski definition) is 3. The summed E-state index contributed by atoms with van der Waals surface area (Å²) < 4.78 is 0. The number of likely N-dealkylation sites (N-methyl/N-ethyl adjacent to an activating group) is 1. The van der Waals surface area contributed by atoms with E-state index in [1.54, 1.807) is 6.20 Å². The van der Waals surface area contributed by atoms with E-state index in [2.05, 4.69) is 15.2 Å². The molecule has 15 heavy (non-hydrogen) atoms. The van der Waals surface area contributed by atoms with E-state index < -0.39 is 0 Å². The summed E-state index contributed by atoms with van der Waals surface area (Å²) in [7, 11) is 3.97. The predicted molar refractivity (Wildman–Crippen MR) is 59.3 cm³/mol. The van der Waals surface area contributed by atoms with E-state index in [0.717, 1.165) is 5.56 Å². The van der Waals surface area contributed by atoms with Crippen LogP contribution in [0.4, 0.5) is 0 Å². The Morgan fingerprint density at radius 3 is 2.80 bits per heavy atom. The Labute approximate surface area is 90.3 Å². The van der Waals surface area contributed by atoms with E-state index >= 15 is 0 Å². The average Bonchev–Trinajstić information content (AvgIpc) is 2.18. The van der Waals surface area contributed by atoms with Gasteiger partial charge in [-0.05, 0) is 25.7 Å². The quantitative estimate of drug-likeness (QED) is 0.795. The number of carbonyl (C=O) groups excluding carboxylic acids is 1. The molecule has 1 heterocycles. The summed E-state index contributed by atoms with van der Waals surface area (Å²) >= 11 is 0. The summed E-state index contributed by atoms with van der Waals surface area (Å²) in [4.78, 5) is 17.0. The Morgan fingerprint density at radius 2 is 2.33 bits per heavy atom. The first-order valence-electron chi connectivity index (χ1n) is 4.92. The van der Waals surface area contributed by atoms with Crippen LogP contribution >= 0.6 is 0 Å². The molecular weight excluding hydrogens is 190 g/mol. The van der Waals surface area contributed by atoms with Crippen molar-refractivity contribution in [3.63, 3.8) is 0 Å². The fourth-order valence-electron chi connectivity index (χ4n) is 1.41. The van der Waals surface area contributed by atoms with Gasteiger partial charge in [0.15, 0.2) is 0 Å². The van der Waals surface area contributed by atoms with Crippen molar-refractivity contribution < 1.29 is 4.79 Å². The molecule has 1 N–H and O–H groups in total. The van der Waals surface area contributed by atoms with Gasteiger partial charge in [-0.1, -0.05) is 6.07 Å². The first-order chi connectivity index (χ1) is 7.11. The minimum absolute atomic E-state index is 0.00857. The zero-order chi connectivity index (χ0) is 11.3. The van der Waals surface area contributed by atoms with Crippen LogP contribution in [0.2, 0.25) is 0 Å². The van der Waals surface area contributed by atoms with E-state index in [1.165, 1.54) is 6.92 Å². The highest BCUT2D eigenvalue weighted by atomic mass is 16.1. The first-order valence-corrected chi connectivity index (χ1v) is 4.92. The summed E-state index contributed by atoms with van der Waals surface area (Å²) in [6.45, 7) is 2.13. The van der Waals surface area contributed by atoms with Gasteiger partial charge in [0.05, 0.1) is 6.04 Å². The topological polar surface area (TPSA) is 45.2 Å². The summed E-state index contributed by atoms with van der Waals surface area (Å²) in [5, 5.41) is 2.82. The van der Waals surface area contributed by atoms with E-state index in [0.29, 0.717) is 6.54 Å². The second kappa shape index (κ2) is 5.46. The third kappa shape index (κ3) is 3.67. The van der Waals surface area contributed by atoms with Crippen molar-refractivity contribution in [2.45, 2.75) is 13.0 Å². The van der Waals surface area contributed by atoms with Crippen molar-refractivity contribution in [3.8, 4) is 0 Å². The molecule has 1 rings (SSSR count). The maximum absolute atomic E-state index is 10.9. The normalized spacial score (nSPS) is 12.5. The molecule has 1 atom stereocenters. The largest absolute Gasteiger partial charge is 0.354 e. The molecule has 0 aliphatic rings. The zero-order valence-corrected chi connectivity index (χ0v) is 9.40. The number of rotatable bonds is 4. The Bertz CT molecular complexity index is 311. The third-order valence-electron chi connectivity index (χ3n) is 2.24. The van der Waals surface area contributed by atoms with Crippen LogP contribution in [-0.2, 0) is 4.79 Å². The van der Waals surface area contributed by atoms with E-state index in [1.807, 2.05) is 32.4 Å². The van der Waals surface area contributed by atoms with Crippen LogP contribution in [0.5, 0.6) is 0 Å². The number of nitrogens with one attached hydrogen (secondary N) is 1. The summed E-state index contributed by atoms with van der Waals surface area (Å²) in [5.74, 6) is -0.00857. The fraction of sp³-hybridized carbons (Fsp3) is 0.455. The van der Waals surface area contributed by atoms with Gasteiger partial charge in [-0.15, -0.1) is 0 Å². The van der Waals surface area contributed by atoms with E-state index in [9.17, 15) is 4.79 Å².